The first-order chi connectivity index (χ1) is 11.4. The van der Waals surface area contributed by atoms with Crippen LogP contribution < -0.4 is 0 Å². The summed E-state index contributed by atoms with van der Waals surface area (Å²) in [7, 11) is 0. The number of hydrogen-bond acceptors (Lipinski definition) is 2. The molecule has 23 heavy (non-hydrogen) atoms. The molecular weight excluding hydrogens is 282 g/mol. The average Bonchev–Trinajstić information content (AvgIpc) is 2.59. The van der Waals surface area contributed by atoms with E-state index in [-0.39, 0.29) is 0 Å². The molecule has 0 fully saturated rings. The van der Waals surface area contributed by atoms with E-state index < -0.39 is 0 Å². The molecule has 0 N–H and O–H groups in total. The summed E-state index contributed by atoms with van der Waals surface area (Å²) in [5.74, 6) is 1.00. The van der Waals surface area contributed by atoms with E-state index in [0.717, 1.165) is 31.9 Å². The molecule has 2 nitrogen and oxygen atoms in total. The van der Waals surface area contributed by atoms with Gasteiger partial charge < -0.3 is 4.74 Å². The number of rotatable bonds is 14. The summed E-state index contributed by atoms with van der Waals surface area (Å²) in [5, 5.41) is 0. The molecule has 0 unspecified atom stereocenters. The van der Waals surface area contributed by atoms with Gasteiger partial charge in [-0.2, -0.15) is 0 Å². The van der Waals surface area contributed by atoms with Gasteiger partial charge in [0.15, 0.2) is 5.90 Å². The van der Waals surface area contributed by atoms with Crippen LogP contribution in [-0.4, -0.2) is 19.0 Å². The van der Waals surface area contributed by atoms with Crippen molar-refractivity contribution in [3.63, 3.8) is 0 Å². The predicted molar refractivity (Wildman–Crippen MR) is 102 cm³/mol. The maximum Gasteiger partial charge on any atom is 0.183 e. The Morgan fingerprint density at radius 2 is 1.52 bits per heavy atom. The minimum Gasteiger partial charge on any atom is -0.481 e. The van der Waals surface area contributed by atoms with Gasteiger partial charge in [0.2, 0.25) is 0 Å². The number of allylic oxidation sites excluding steroid dienone is 4. The number of unbranched alkanes of at least 4 members (excludes halogenated alkanes) is 9. The van der Waals surface area contributed by atoms with Crippen LogP contribution in [0.2, 0.25) is 0 Å². The van der Waals surface area contributed by atoms with Crippen molar-refractivity contribution in [2.45, 2.75) is 90.4 Å². The Kier molecular flexibility index (Phi) is 13.8. The number of nitrogens with zero attached hydrogens (tertiary/aromatic N) is 1. The van der Waals surface area contributed by atoms with Crippen molar-refractivity contribution in [3.8, 4) is 0 Å². The normalized spacial score (nSPS) is 15.3. The van der Waals surface area contributed by atoms with Crippen LogP contribution in [0.1, 0.15) is 90.4 Å². The van der Waals surface area contributed by atoms with Crippen molar-refractivity contribution in [1.29, 1.82) is 0 Å². The molecule has 0 aromatic carbocycles. The molecule has 0 bridgehead atoms. The van der Waals surface area contributed by atoms with E-state index in [1.807, 2.05) is 0 Å². The van der Waals surface area contributed by atoms with E-state index in [0.29, 0.717) is 0 Å². The van der Waals surface area contributed by atoms with E-state index >= 15 is 0 Å². The van der Waals surface area contributed by atoms with Gasteiger partial charge in [-0.15, -0.1) is 0 Å². The Bertz CT molecular complexity index is 344. The van der Waals surface area contributed by atoms with Crippen LogP contribution in [0.25, 0.3) is 0 Å². The minimum absolute atomic E-state index is 0.875. The monoisotopic (exact) mass is 319 g/mol. The highest BCUT2D eigenvalue weighted by Gasteiger charge is 2.04. The van der Waals surface area contributed by atoms with Crippen molar-refractivity contribution >= 4 is 5.90 Å². The molecule has 1 heterocycles. The Labute approximate surface area is 144 Å². The van der Waals surface area contributed by atoms with Gasteiger partial charge in [0.05, 0.1) is 6.61 Å². The summed E-state index contributed by atoms with van der Waals surface area (Å²) in [5.41, 5.74) is 0. The fourth-order valence-electron chi connectivity index (χ4n) is 2.76. The summed E-state index contributed by atoms with van der Waals surface area (Å²) in [6, 6.07) is 0. The Morgan fingerprint density at radius 3 is 2.17 bits per heavy atom. The smallest absolute Gasteiger partial charge is 0.183 e. The van der Waals surface area contributed by atoms with Gasteiger partial charge in [-0.05, 0) is 32.1 Å². The third-order valence-corrected chi connectivity index (χ3v) is 4.23. The third-order valence-electron chi connectivity index (χ3n) is 4.23. The number of aliphatic imine (C=N–C) groups is 1. The molecule has 1 aliphatic heterocycles. The lowest BCUT2D eigenvalue weighted by molar-refractivity contribution is 0.272. The summed E-state index contributed by atoms with van der Waals surface area (Å²) in [6.07, 6.45) is 25.6. The van der Waals surface area contributed by atoms with Gasteiger partial charge in [-0.1, -0.05) is 69.8 Å². The second kappa shape index (κ2) is 15.8. The molecule has 0 atom stereocenters. The molecule has 0 amide bonds. The molecule has 0 aliphatic carbocycles. The summed E-state index contributed by atoms with van der Waals surface area (Å²) in [4.78, 5) is 4.41. The lowest BCUT2D eigenvalue weighted by Crippen LogP contribution is -2.13. The van der Waals surface area contributed by atoms with E-state index in [4.69, 9.17) is 4.74 Å². The predicted octanol–water partition coefficient (Wildman–Crippen LogP) is 6.62. The Hall–Kier alpha value is -1.05. The minimum atomic E-state index is 0.875. The fourth-order valence-corrected chi connectivity index (χ4v) is 2.76. The first-order valence-electron chi connectivity index (χ1n) is 9.91. The van der Waals surface area contributed by atoms with Crippen molar-refractivity contribution in [3.05, 3.63) is 24.3 Å². The number of ether oxygens (including phenoxy) is 1. The third kappa shape index (κ3) is 13.1. The van der Waals surface area contributed by atoms with Gasteiger partial charge in [-0.25, -0.2) is 0 Å². The molecule has 2 heteroatoms. The second-order valence-electron chi connectivity index (χ2n) is 6.49. The molecular formula is C21H37NO. The van der Waals surface area contributed by atoms with Crippen molar-refractivity contribution < 1.29 is 4.74 Å². The van der Waals surface area contributed by atoms with E-state index in [1.165, 1.54) is 70.6 Å². The highest BCUT2D eigenvalue weighted by atomic mass is 16.5. The highest BCUT2D eigenvalue weighted by Crippen LogP contribution is 2.11. The standard InChI is InChI=1S/C21H37NO/c1-2-3-4-5-6-7-8-9-10-11-12-13-14-15-16-18-21-22-19-17-20-23-21/h6-9H,2-5,10-20H2,1H3. The number of hydrogen-bond donors (Lipinski definition) is 0. The SMILES string of the molecule is CCCCCC=CC=CCCCCCCCCC1=NCCCO1. The van der Waals surface area contributed by atoms with Crippen LogP contribution >= 0.6 is 0 Å². The van der Waals surface area contributed by atoms with Crippen LogP contribution in [-0.2, 0) is 4.74 Å². The van der Waals surface area contributed by atoms with Crippen molar-refractivity contribution in [1.82, 2.24) is 0 Å². The van der Waals surface area contributed by atoms with E-state index in [2.05, 4.69) is 36.2 Å². The van der Waals surface area contributed by atoms with Gasteiger partial charge in [0, 0.05) is 19.4 Å². The summed E-state index contributed by atoms with van der Waals surface area (Å²) < 4.78 is 5.53. The zero-order valence-corrected chi connectivity index (χ0v) is 15.3. The van der Waals surface area contributed by atoms with Crippen LogP contribution in [0.4, 0.5) is 0 Å². The van der Waals surface area contributed by atoms with Crippen molar-refractivity contribution in [2.75, 3.05) is 13.2 Å². The molecule has 1 rings (SSSR count). The molecule has 132 valence electrons. The van der Waals surface area contributed by atoms with Gasteiger partial charge in [-0.3, -0.25) is 4.99 Å². The molecule has 0 aromatic heterocycles. The van der Waals surface area contributed by atoms with Gasteiger partial charge in [0.25, 0.3) is 0 Å². The first-order valence-corrected chi connectivity index (χ1v) is 9.91. The lowest BCUT2D eigenvalue weighted by atomic mass is 10.1. The van der Waals surface area contributed by atoms with Gasteiger partial charge >= 0.3 is 0 Å². The molecule has 0 saturated carbocycles. The Morgan fingerprint density at radius 1 is 0.870 bits per heavy atom. The van der Waals surface area contributed by atoms with Crippen molar-refractivity contribution in [2.24, 2.45) is 4.99 Å². The molecule has 0 saturated heterocycles. The average molecular weight is 320 g/mol. The van der Waals surface area contributed by atoms with Gasteiger partial charge in [0.1, 0.15) is 0 Å². The highest BCUT2D eigenvalue weighted by molar-refractivity contribution is 5.76. The maximum atomic E-state index is 5.53. The van der Waals surface area contributed by atoms with Crippen LogP contribution in [0.15, 0.2) is 29.3 Å². The summed E-state index contributed by atoms with van der Waals surface area (Å²) in [6.45, 7) is 4.10. The largest absolute Gasteiger partial charge is 0.481 e. The molecule has 0 spiro atoms. The van der Waals surface area contributed by atoms with Crippen LogP contribution in [0, 0.1) is 0 Å². The van der Waals surface area contributed by atoms with Crippen LogP contribution in [0.3, 0.4) is 0 Å². The first kappa shape index (κ1) is 20.0. The maximum absolute atomic E-state index is 5.53. The Balaban J connectivity index is 1.79. The quantitative estimate of drug-likeness (QED) is 0.260. The van der Waals surface area contributed by atoms with Crippen LogP contribution in [0.5, 0.6) is 0 Å². The molecule has 1 aliphatic rings. The zero-order valence-electron chi connectivity index (χ0n) is 15.3. The van der Waals surface area contributed by atoms with E-state index in [9.17, 15) is 0 Å². The molecule has 0 radical (unpaired) electrons. The van der Waals surface area contributed by atoms with E-state index in [1.54, 1.807) is 0 Å². The molecule has 0 aromatic rings. The zero-order chi connectivity index (χ0) is 16.4. The fraction of sp³-hybridized carbons (Fsp3) is 0.762. The summed E-state index contributed by atoms with van der Waals surface area (Å²) >= 11 is 0. The second-order valence-corrected chi connectivity index (χ2v) is 6.49. The lowest BCUT2D eigenvalue weighted by Gasteiger charge is -2.13. The topological polar surface area (TPSA) is 21.6 Å².